The summed E-state index contributed by atoms with van der Waals surface area (Å²) in [6, 6.07) is 32.9. The van der Waals surface area contributed by atoms with Crippen molar-refractivity contribution in [2.24, 2.45) is 0 Å². The van der Waals surface area contributed by atoms with E-state index in [0.717, 1.165) is 12.6 Å². The van der Waals surface area contributed by atoms with Crippen LogP contribution in [0.3, 0.4) is 0 Å². The molecule has 0 saturated carbocycles. The van der Waals surface area contributed by atoms with Crippen molar-refractivity contribution in [1.82, 2.24) is 0 Å². The molecular weight excluding hydrogens is 502 g/mol. The highest BCUT2D eigenvalue weighted by Crippen LogP contribution is 2.56. The first-order valence-electron chi connectivity index (χ1n) is 10.3. The van der Waals surface area contributed by atoms with E-state index in [4.69, 9.17) is 9.47 Å². The second-order valence-electron chi connectivity index (χ2n) is 7.24. The maximum Gasteiger partial charge on any atom is 0.177 e. The highest BCUT2D eigenvalue weighted by Gasteiger charge is 2.47. The summed E-state index contributed by atoms with van der Waals surface area (Å²) in [4.78, 5) is 0. The Bertz CT molecular complexity index is 819. The molecule has 3 aromatic carbocycles. The molecule has 2 atom stereocenters. The lowest BCUT2D eigenvalue weighted by molar-refractivity contribution is -0.138. The molecule has 0 saturated heterocycles. The molecule has 0 aromatic heterocycles. The summed E-state index contributed by atoms with van der Waals surface area (Å²) in [6.07, 6.45) is 5.99. The number of rotatable bonds is 7. The molecule has 4 heteroatoms. The minimum absolute atomic E-state index is 0. The normalized spacial score (nSPS) is 18.6. The fourth-order valence-electron chi connectivity index (χ4n) is 4.13. The molecule has 0 aliphatic carbocycles. The van der Waals surface area contributed by atoms with Crippen molar-refractivity contribution in [3.63, 3.8) is 0 Å². The zero-order valence-corrected chi connectivity index (χ0v) is 20.3. The van der Waals surface area contributed by atoms with Gasteiger partial charge in [0.1, 0.15) is 29.3 Å². The lowest BCUT2D eigenvalue weighted by Crippen LogP contribution is -3.00. The van der Waals surface area contributed by atoms with Crippen molar-refractivity contribution in [1.29, 1.82) is 0 Å². The van der Waals surface area contributed by atoms with Crippen molar-refractivity contribution >= 4 is 23.2 Å². The Kier molecular flexibility index (Phi) is 8.64. The van der Waals surface area contributed by atoms with E-state index in [1.807, 2.05) is 13.0 Å². The van der Waals surface area contributed by atoms with E-state index in [0.29, 0.717) is 6.61 Å². The molecule has 1 aliphatic heterocycles. The van der Waals surface area contributed by atoms with Crippen LogP contribution in [0, 0.1) is 0 Å². The average molecular weight is 530 g/mol. The van der Waals surface area contributed by atoms with Gasteiger partial charge in [-0.15, -0.1) is 0 Å². The Hall–Kier alpha value is -1.52. The van der Waals surface area contributed by atoms with Gasteiger partial charge in [0.15, 0.2) is 6.29 Å². The van der Waals surface area contributed by atoms with Crippen LogP contribution in [0.5, 0.6) is 0 Å². The quantitative estimate of drug-likeness (QED) is 0.263. The number of benzene rings is 3. The molecule has 30 heavy (non-hydrogen) atoms. The molecule has 1 aliphatic rings. The Labute approximate surface area is 197 Å². The molecule has 0 fully saturated rings. The van der Waals surface area contributed by atoms with E-state index < -0.39 is 7.26 Å². The Morgan fingerprint density at radius 1 is 0.800 bits per heavy atom. The van der Waals surface area contributed by atoms with E-state index in [1.54, 1.807) is 0 Å². The van der Waals surface area contributed by atoms with Gasteiger partial charge in [0.25, 0.3) is 0 Å². The summed E-state index contributed by atoms with van der Waals surface area (Å²) >= 11 is 0. The highest BCUT2D eigenvalue weighted by molar-refractivity contribution is 7.95. The zero-order valence-electron chi connectivity index (χ0n) is 17.2. The monoisotopic (exact) mass is 530 g/mol. The van der Waals surface area contributed by atoms with Crippen molar-refractivity contribution in [2.75, 3.05) is 12.8 Å². The summed E-state index contributed by atoms with van der Waals surface area (Å²) in [5, 5.41) is 4.18. The molecule has 0 bridgehead atoms. The summed E-state index contributed by atoms with van der Waals surface area (Å²) in [5.41, 5.74) is 0. The number of hydrogen-bond acceptors (Lipinski definition) is 2. The number of halogens is 1. The van der Waals surface area contributed by atoms with Crippen LogP contribution in [0.15, 0.2) is 103 Å². The largest absolute Gasteiger partial charge is 1.00 e. The summed E-state index contributed by atoms with van der Waals surface area (Å²) in [7, 11) is -1.88. The van der Waals surface area contributed by atoms with Gasteiger partial charge < -0.3 is 33.5 Å². The van der Waals surface area contributed by atoms with E-state index in [2.05, 4.69) is 97.1 Å². The van der Waals surface area contributed by atoms with E-state index in [-0.39, 0.29) is 36.4 Å². The second kappa shape index (κ2) is 11.2. The fraction of sp³-hybridized carbons (Fsp3) is 0.231. The van der Waals surface area contributed by atoms with Crippen molar-refractivity contribution < 1.29 is 33.5 Å². The number of ether oxygens (including phenoxy) is 2. The van der Waals surface area contributed by atoms with Crippen LogP contribution in [-0.2, 0) is 9.47 Å². The van der Waals surface area contributed by atoms with E-state index >= 15 is 0 Å². The van der Waals surface area contributed by atoms with Gasteiger partial charge in [-0.2, -0.15) is 0 Å². The first-order chi connectivity index (χ1) is 14.3. The predicted molar refractivity (Wildman–Crippen MR) is 124 cm³/mol. The second-order valence-corrected chi connectivity index (χ2v) is 10.8. The highest BCUT2D eigenvalue weighted by atomic mass is 127. The molecule has 0 spiro atoms. The van der Waals surface area contributed by atoms with Crippen molar-refractivity contribution in [3.8, 4) is 0 Å². The smallest absolute Gasteiger partial charge is 0.177 e. The standard InChI is InChI=1S/C26H28O2P.HI/c1-2-27-26-20-12-13-22(28-26)21-29(23-14-6-3-7-15-23,24-16-8-4-9-17-24)25-18-10-5-11-19-25;/h3-12,14-20,22,26H,2,13,21H2,1H3;1H/q+1;/p-1/t22-,26-;/m0./s1. The third-order valence-corrected chi connectivity index (χ3v) is 9.91. The van der Waals surface area contributed by atoms with Crippen LogP contribution >= 0.6 is 7.26 Å². The lowest BCUT2D eigenvalue weighted by Gasteiger charge is -2.33. The first-order valence-corrected chi connectivity index (χ1v) is 12.3. The topological polar surface area (TPSA) is 18.5 Å². The van der Waals surface area contributed by atoms with Crippen LogP contribution in [0.25, 0.3) is 0 Å². The maximum atomic E-state index is 6.37. The SMILES string of the molecule is CCO[C@@H]1C=CC[C@@H](C[P+](c2ccccc2)(c2ccccc2)c2ccccc2)O1.[I-]. The molecule has 1 heterocycles. The van der Waals surface area contributed by atoms with Crippen LogP contribution in [-0.4, -0.2) is 25.2 Å². The maximum absolute atomic E-state index is 6.37. The van der Waals surface area contributed by atoms with Gasteiger partial charge in [-0.1, -0.05) is 60.7 Å². The Balaban J connectivity index is 0.00000256. The molecule has 0 amide bonds. The van der Waals surface area contributed by atoms with Crippen LogP contribution in [0.2, 0.25) is 0 Å². The van der Waals surface area contributed by atoms with Crippen molar-refractivity contribution in [3.05, 3.63) is 103 Å². The fourth-order valence-corrected chi connectivity index (χ4v) is 8.54. The molecule has 0 radical (unpaired) electrons. The van der Waals surface area contributed by atoms with Crippen LogP contribution in [0.4, 0.5) is 0 Å². The predicted octanol–water partition coefficient (Wildman–Crippen LogP) is 1.69. The van der Waals surface area contributed by atoms with E-state index in [1.165, 1.54) is 15.9 Å². The van der Waals surface area contributed by atoms with Gasteiger partial charge in [-0.25, -0.2) is 0 Å². The molecule has 156 valence electrons. The van der Waals surface area contributed by atoms with Gasteiger partial charge in [0.05, 0.1) is 6.10 Å². The number of hydrogen-bond donors (Lipinski definition) is 0. The molecule has 4 rings (SSSR count). The summed E-state index contributed by atoms with van der Waals surface area (Å²) in [5.74, 6) is 0. The third-order valence-electron chi connectivity index (χ3n) is 5.42. The van der Waals surface area contributed by atoms with Crippen LogP contribution in [0.1, 0.15) is 13.3 Å². The summed E-state index contributed by atoms with van der Waals surface area (Å²) in [6.45, 7) is 2.66. The lowest BCUT2D eigenvalue weighted by atomic mass is 10.2. The van der Waals surface area contributed by atoms with Gasteiger partial charge in [0.2, 0.25) is 0 Å². The van der Waals surface area contributed by atoms with E-state index in [9.17, 15) is 0 Å². The first kappa shape index (κ1) is 23.1. The van der Waals surface area contributed by atoms with Gasteiger partial charge >= 0.3 is 0 Å². The minimum Gasteiger partial charge on any atom is -1.00 e. The van der Waals surface area contributed by atoms with Gasteiger partial charge in [-0.05, 0) is 55.8 Å². The van der Waals surface area contributed by atoms with Gasteiger partial charge in [0, 0.05) is 6.61 Å². The molecule has 2 nitrogen and oxygen atoms in total. The molecule has 0 unspecified atom stereocenters. The molecular formula is C26H28IO2P. The Morgan fingerprint density at radius 2 is 1.27 bits per heavy atom. The van der Waals surface area contributed by atoms with Gasteiger partial charge in [-0.3, -0.25) is 0 Å². The molecule has 3 aromatic rings. The average Bonchev–Trinajstić information content (AvgIpc) is 2.80. The molecule has 0 N–H and O–H groups in total. The Morgan fingerprint density at radius 3 is 1.70 bits per heavy atom. The minimum atomic E-state index is -1.88. The zero-order chi connectivity index (χ0) is 19.9. The summed E-state index contributed by atoms with van der Waals surface area (Å²) < 4.78 is 12.1. The van der Waals surface area contributed by atoms with Crippen LogP contribution < -0.4 is 39.9 Å². The van der Waals surface area contributed by atoms with Crippen molar-refractivity contribution in [2.45, 2.75) is 25.7 Å². The third kappa shape index (κ3) is 5.03.